The van der Waals surface area contributed by atoms with Crippen LogP contribution in [0.3, 0.4) is 0 Å². The molecule has 1 fully saturated rings. The predicted molar refractivity (Wildman–Crippen MR) is 159 cm³/mol. The number of nitriles is 1. The summed E-state index contributed by atoms with van der Waals surface area (Å²) < 4.78 is 14.3. The van der Waals surface area contributed by atoms with Crippen LogP contribution in [0.25, 0.3) is 32.6 Å². The highest BCUT2D eigenvalue weighted by atomic mass is 16.6. The average molecular weight is 532 g/mol. The van der Waals surface area contributed by atoms with E-state index in [0.29, 0.717) is 25.2 Å². The highest BCUT2D eigenvalue weighted by molar-refractivity contribution is 6.08. The summed E-state index contributed by atoms with van der Waals surface area (Å²) in [5, 5.41) is 13.9. The number of likely N-dealkylation sites (tertiary alicyclic amines) is 1. The predicted octanol–water partition coefficient (Wildman–Crippen LogP) is 7.65. The van der Waals surface area contributed by atoms with Crippen molar-refractivity contribution >= 4 is 38.7 Å². The fourth-order valence-corrected chi connectivity index (χ4v) is 5.59. The van der Waals surface area contributed by atoms with Crippen LogP contribution < -0.4 is 4.74 Å². The van der Waals surface area contributed by atoms with E-state index >= 15 is 0 Å². The minimum Gasteiger partial charge on any atom is -0.490 e. The number of amides is 1. The molecule has 4 aromatic carbocycles. The molecule has 0 radical (unpaired) electrons. The summed E-state index contributed by atoms with van der Waals surface area (Å²) >= 11 is 0. The third-order valence-electron chi connectivity index (χ3n) is 7.52. The molecule has 0 bridgehead atoms. The molecule has 6 nitrogen and oxygen atoms in total. The van der Waals surface area contributed by atoms with Gasteiger partial charge in [0.25, 0.3) is 0 Å². The van der Waals surface area contributed by atoms with Gasteiger partial charge in [0.2, 0.25) is 0 Å². The van der Waals surface area contributed by atoms with Gasteiger partial charge in [0.05, 0.1) is 17.1 Å². The van der Waals surface area contributed by atoms with Gasteiger partial charge in [-0.25, -0.2) is 4.79 Å². The molecule has 0 unspecified atom stereocenters. The smallest absolute Gasteiger partial charge is 0.410 e. The van der Waals surface area contributed by atoms with Crippen molar-refractivity contribution in [2.45, 2.75) is 51.9 Å². The third-order valence-corrected chi connectivity index (χ3v) is 7.52. The van der Waals surface area contributed by atoms with Crippen molar-refractivity contribution in [1.82, 2.24) is 9.47 Å². The van der Waals surface area contributed by atoms with Crippen molar-refractivity contribution in [3.8, 4) is 11.8 Å². The zero-order valence-corrected chi connectivity index (χ0v) is 23.2. The lowest BCUT2D eigenvalue weighted by Crippen LogP contribution is -2.44. The zero-order chi connectivity index (χ0) is 27.9. The van der Waals surface area contributed by atoms with Crippen LogP contribution in [0.5, 0.6) is 5.75 Å². The van der Waals surface area contributed by atoms with Gasteiger partial charge >= 0.3 is 6.09 Å². The van der Waals surface area contributed by atoms with Crippen LogP contribution in [0.15, 0.2) is 78.9 Å². The Labute approximate surface area is 234 Å². The molecule has 2 heterocycles. The Morgan fingerprint density at radius 1 is 0.900 bits per heavy atom. The van der Waals surface area contributed by atoms with E-state index < -0.39 is 5.60 Å². The molecule has 0 N–H and O–H groups in total. The number of nitrogens with zero attached hydrogens (tertiary/aromatic N) is 3. The molecule has 1 aliphatic heterocycles. The lowest BCUT2D eigenvalue weighted by Gasteiger charge is -2.33. The molecule has 1 amide bonds. The van der Waals surface area contributed by atoms with Crippen LogP contribution in [-0.2, 0) is 11.3 Å². The van der Waals surface area contributed by atoms with Crippen LogP contribution in [0, 0.1) is 11.3 Å². The quantitative estimate of drug-likeness (QED) is 0.239. The molecule has 202 valence electrons. The van der Waals surface area contributed by atoms with E-state index in [-0.39, 0.29) is 12.2 Å². The standard InChI is InChI=1S/C34H33N3O3/c1-34(2,3)40-33(38)36-16-14-27(15-17-36)39-28-12-13-30-29-6-4-5-7-31(29)37(32(30)20-28)22-24-9-11-25-10-8-23(21-35)18-26(25)19-24/h4-13,18-20,27H,14-17,22H2,1-3H3. The monoisotopic (exact) mass is 531 g/mol. The van der Waals surface area contributed by atoms with E-state index in [9.17, 15) is 10.1 Å². The number of piperidine rings is 1. The fraction of sp³-hybridized carbons (Fsp3) is 0.294. The Balaban J connectivity index is 1.26. The Hall–Kier alpha value is -4.50. The topological polar surface area (TPSA) is 67.5 Å². The van der Waals surface area contributed by atoms with E-state index in [0.717, 1.165) is 34.9 Å². The minimum atomic E-state index is -0.495. The first kappa shape index (κ1) is 25.8. The van der Waals surface area contributed by atoms with Gasteiger partial charge < -0.3 is 18.9 Å². The second-order valence-electron chi connectivity index (χ2n) is 11.6. The van der Waals surface area contributed by atoms with E-state index in [1.54, 1.807) is 4.90 Å². The van der Waals surface area contributed by atoms with Crippen molar-refractivity contribution in [3.63, 3.8) is 0 Å². The highest BCUT2D eigenvalue weighted by Crippen LogP contribution is 2.33. The third kappa shape index (κ3) is 5.20. The van der Waals surface area contributed by atoms with Crippen LogP contribution >= 0.6 is 0 Å². The second kappa shape index (κ2) is 10.2. The average Bonchev–Trinajstić information content (AvgIpc) is 3.24. The second-order valence-corrected chi connectivity index (χ2v) is 11.6. The number of rotatable bonds is 4. The lowest BCUT2D eigenvalue weighted by atomic mass is 10.0. The number of aromatic nitrogens is 1. The SMILES string of the molecule is CC(C)(C)OC(=O)N1CCC(Oc2ccc3c4ccccc4n(Cc4ccc5ccc(C#N)cc5c4)c3c2)CC1. The number of ether oxygens (including phenoxy) is 2. The van der Waals surface area contributed by atoms with Crippen LogP contribution in [0.4, 0.5) is 4.79 Å². The minimum absolute atomic E-state index is 0.0452. The van der Waals surface area contributed by atoms with Gasteiger partial charge in [0, 0.05) is 54.8 Å². The molecular weight excluding hydrogens is 498 g/mol. The molecule has 1 saturated heterocycles. The summed E-state index contributed by atoms with van der Waals surface area (Å²) in [6, 6.07) is 29.3. The van der Waals surface area contributed by atoms with E-state index in [1.807, 2.05) is 39.0 Å². The number of carbonyl (C=O) groups is 1. The first-order chi connectivity index (χ1) is 19.3. The van der Waals surface area contributed by atoms with Gasteiger partial charge in [-0.15, -0.1) is 0 Å². The summed E-state index contributed by atoms with van der Waals surface area (Å²) in [6.45, 7) is 7.62. The number of hydrogen-bond donors (Lipinski definition) is 0. The Kier molecular flexibility index (Phi) is 6.59. The molecule has 0 atom stereocenters. The van der Waals surface area contributed by atoms with Crippen molar-refractivity contribution in [2.24, 2.45) is 0 Å². The molecule has 40 heavy (non-hydrogen) atoms. The van der Waals surface area contributed by atoms with Crippen LogP contribution in [0.1, 0.15) is 44.7 Å². The number of benzene rings is 4. The molecule has 0 aliphatic carbocycles. The summed E-state index contributed by atoms with van der Waals surface area (Å²) in [5.74, 6) is 0.837. The van der Waals surface area contributed by atoms with Crippen molar-refractivity contribution in [2.75, 3.05) is 13.1 Å². The first-order valence-electron chi connectivity index (χ1n) is 13.9. The van der Waals surface area contributed by atoms with Gasteiger partial charge in [0.15, 0.2) is 0 Å². The molecule has 6 rings (SSSR count). The van der Waals surface area contributed by atoms with Gasteiger partial charge in [-0.1, -0.05) is 36.4 Å². The maximum Gasteiger partial charge on any atom is 0.410 e. The lowest BCUT2D eigenvalue weighted by molar-refractivity contribution is 0.0127. The normalized spacial score (nSPS) is 14.5. The number of fused-ring (bicyclic) bond motifs is 4. The van der Waals surface area contributed by atoms with E-state index in [1.165, 1.54) is 21.9 Å². The Bertz CT molecular complexity index is 1770. The summed E-state index contributed by atoms with van der Waals surface area (Å²) in [4.78, 5) is 14.2. The highest BCUT2D eigenvalue weighted by Gasteiger charge is 2.27. The molecule has 5 aromatic rings. The fourth-order valence-electron chi connectivity index (χ4n) is 5.59. The van der Waals surface area contributed by atoms with Crippen molar-refractivity contribution in [1.29, 1.82) is 5.26 Å². The molecule has 1 aliphatic rings. The van der Waals surface area contributed by atoms with Gasteiger partial charge in [-0.05, 0) is 73.5 Å². The number of carbonyl (C=O) groups excluding carboxylic acids is 1. The first-order valence-corrected chi connectivity index (χ1v) is 13.9. The summed E-state index contributed by atoms with van der Waals surface area (Å²) in [5.41, 5.74) is 3.64. The Morgan fingerprint density at radius 2 is 1.65 bits per heavy atom. The molecule has 6 heteroatoms. The Morgan fingerprint density at radius 3 is 2.42 bits per heavy atom. The number of para-hydroxylation sites is 1. The maximum atomic E-state index is 12.4. The molecule has 0 spiro atoms. The van der Waals surface area contributed by atoms with E-state index in [2.05, 4.69) is 71.3 Å². The molecule has 0 saturated carbocycles. The summed E-state index contributed by atoms with van der Waals surface area (Å²) in [6.07, 6.45) is 1.32. The summed E-state index contributed by atoms with van der Waals surface area (Å²) in [7, 11) is 0. The largest absolute Gasteiger partial charge is 0.490 e. The zero-order valence-electron chi connectivity index (χ0n) is 23.2. The van der Waals surface area contributed by atoms with Gasteiger partial charge in [-0.2, -0.15) is 5.26 Å². The van der Waals surface area contributed by atoms with Gasteiger partial charge in [-0.3, -0.25) is 0 Å². The van der Waals surface area contributed by atoms with Crippen molar-refractivity contribution < 1.29 is 14.3 Å². The van der Waals surface area contributed by atoms with Crippen molar-refractivity contribution in [3.05, 3.63) is 90.0 Å². The van der Waals surface area contributed by atoms with E-state index in [4.69, 9.17) is 9.47 Å². The van der Waals surface area contributed by atoms with Crippen LogP contribution in [0.2, 0.25) is 0 Å². The van der Waals surface area contributed by atoms with Gasteiger partial charge in [0.1, 0.15) is 17.5 Å². The maximum absolute atomic E-state index is 12.4. The van der Waals surface area contributed by atoms with Crippen LogP contribution in [-0.4, -0.2) is 40.4 Å². The number of hydrogen-bond acceptors (Lipinski definition) is 4. The molecule has 1 aromatic heterocycles. The molecular formula is C34H33N3O3.